The van der Waals surface area contributed by atoms with Gasteiger partial charge in [0.1, 0.15) is 5.82 Å². The lowest BCUT2D eigenvalue weighted by molar-refractivity contribution is -0.144. The SMILES string of the molecule is CCOC(=O)C1CC1c1ccc(C(C)(C)C)nc1N1CCCCC1. The normalized spacial score (nSPS) is 23.9. The Balaban J connectivity index is 1.89. The molecular weight excluding hydrogens is 300 g/mol. The van der Waals surface area contributed by atoms with E-state index >= 15 is 0 Å². The van der Waals surface area contributed by atoms with Crippen molar-refractivity contribution < 1.29 is 9.53 Å². The van der Waals surface area contributed by atoms with Gasteiger partial charge in [0.25, 0.3) is 0 Å². The van der Waals surface area contributed by atoms with Crippen molar-refractivity contribution in [2.75, 3.05) is 24.6 Å². The molecule has 2 unspecified atom stereocenters. The molecule has 1 aromatic heterocycles. The van der Waals surface area contributed by atoms with E-state index in [2.05, 4.69) is 37.8 Å². The summed E-state index contributed by atoms with van der Waals surface area (Å²) in [4.78, 5) is 19.5. The number of esters is 1. The number of pyridine rings is 1. The predicted molar refractivity (Wildman–Crippen MR) is 96.5 cm³/mol. The zero-order chi connectivity index (χ0) is 17.3. The molecule has 1 saturated carbocycles. The van der Waals surface area contributed by atoms with Gasteiger partial charge in [-0.15, -0.1) is 0 Å². The lowest BCUT2D eigenvalue weighted by Gasteiger charge is -2.31. The average molecular weight is 330 g/mol. The topological polar surface area (TPSA) is 42.4 Å². The zero-order valence-electron chi connectivity index (χ0n) is 15.5. The van der Waals surface area contributed by atoms with E-state index in [1.165, 1.54) is 24.8 Å². The van der Waals surface area contributed by atoms with Gasteiger partial charge in [-0.05, 0) is 44.2 Å². The molecule has 0 bridgehead atoms. The number of anilines is 1. The van der Waals surface area contributed by atoms with Crippen molar-refractivity contribution in [2.24, 2.45) is 5.92 Å². The minimum absolute atomic E-state index is 0.0239. The summed E-state index contributed by atoms with van der Waals surface area (Å²) in [6.45, 7) is 11.1. The Hall–Kier alpha value is -1.58. The number of nitrogens with zero attached hydrogens (tertiary/aromatic N) is 2. The number of hydrogen-bond acceptors (Lipinski definition) is 4. The molecule has 0 amide bonds. The van der Waals surface area contributed by atoms with E-state index in [9.17, 15) is 4.79 Å². The van der Waals surface area contributed by atoms with Gasteiger partial charge in [0.2, 0.25) is 0 Å². The summed E-state index contributed by atoms with van der Waals surface area (Å²) in [5.41, 5.74) is 2.40. The van der Waals surface area contributed by atoms with E-state index < -0.39 is 0 Å². The molecule has 2 aliphatic rings. The highest BCUT2D eigenvalue weighted by molar-refractivity contribution is 5.78. The van der Waals surface area contributed by atoms with Crippen LogP contribution in [0.4, 0.5) is 5.82 Å². The molecule has 0 radical (unpaired) electrons. The number of ether oxygens (including phenoxy) is 1. The second-order valence-corrected chi connectivity index (χ2v) is 8.11. The van der Waals surface area contributed by atoms with Gasteiger partial charge in [0.15, 0.2) is 0 Å². The molecule has 0 aromatic carbocycles. The van der Waals surface area contributed by atoms with Crippen LogP contribution in [0.3, 0.4) is 0 Å². The fraction of sp³-hybridized carbons (Fsp3) is 0.700. The Labute approximate surface area is 145 Å². The Morgan fingerprint density at radius 2 is 1.96 bits per heavy atom. The molecule has 1 aliphatic carbocycles. The van der Waals surface area contributed by atoms with E-state index in [0.717, 1.165) is 31.0 Å². The number of hydrogen-bond donors (Lipinski definition) is 0. The smallest absolute Gasteiger partial charge is 0.309 e. The summed E-state index contributed by atoms with van der Waals surface area (Å²) >= 11 is 0. The van der Waals surface area contributed by atoms with Gasteiger partial charge < -0.3 is 9.64 Å². The van der Waals surface area contributed by atoms with Gasteiger partial charge in [-0.3, -0.25) is 4.79 Å². The standard InChI is InChI=1S/C20H30N2O2/c1-5-24-19(23)16-13-15(16)14-9-10-17(20(2,3)4)21-18(14)22-11-7-6-8-12-22/h9-10,15-16H,5-8,11-13H2,1-4H3. The molecule has 2 atom stereocenters. The molecule has 0 N–H and O–H groups in total. The fourth-order valence-corrected chi connectivity index (χ4v) is 3.57. The molecule has 132 valence electrons. The van der Waals surface area contributed by atoms with Crippen molar-refractivity contribution >= 4 is 11.8 Å². The van der Waals surface area contributed by atoms with Crippen LogP contribution in [0, 0.1) is 5.92 Å². The molecule has 1 aliphatic heterocycles. The van der Waals surface area contributed by atoms with Crippen LogP contribution in [0.15, 0.2) is 12.1 Å². The molecule has 3 rings (SSSR count). The third-order valence-corrected chi connectivity index (χ3v) is 5.11. The van der Waals surface area contributed by atoms with Crippen LogP contribution in [-0.2, 0) is 14.9 Å². The first kappa shape index (κ1) is 17.2. The third kappa shape index (κ3) is 3.57. The lowest BCUT2D eigenvalue weighted by Crippen LogP contribution is -2.32. The van der Waals surface area contributed by atoms with Crippen LogP contribution >= 0.6 is 0 Å². The van der Waals surface area contributed by atoms with Gasteiger partial charge in [0.05, 0.1) is 12.5 Å². The summed E-state index contributed by atoms with van der Waals surface area (Å²) in [7, 11) is 0. The maximum atomic E-state index is 12.0. The first-order valence-corrected chi connectivity index (χ1v) is 9.35. The lowest BCUT2D eigenvalue weighted by atomic mass is 9.91. The van der Waals surface area contributed by atoms with E-state index in [-0.39, 0.29) is 23.2 Å². The van der Waals surface area contributed by atoms with E-state index in [1.807, 2.05) is 6.92 Å². The summed E-state index contributed by atoms with van der Waals surface area (Å²) in [5.74, 6) is 1.36. The second-order valence-electron chi connectivity index (χ2n) is 8.11. The number of aromatic nitrogens is 1. The molecule has 4 heteroatoms. The highest BCUT2D eigenvalue weighted by Gasteiger charge is 2.47. The third-order valence-electron chi connectivity index (χ3n) is 5.11. The molecule has 1 saturated heterocycles. The van der Waals surface area contributed by atoms with Crippen LogP contribution in [0.2, 0.25) is 0 Å². The number of carbonyl (C=O) groups excluding carboxylic acids is 1. The molecule has 0 spiro atoms. The van der Waals surface area contributed by atoms with Crippen LogP contribution in [0.1, 0.15) is 70.6 Å². The Kier molecular flexibility index (Phi) is 4.84. The molecule has 2 heterocycles. The zero-order valence-corrected chi connectivity index (χ0v) is 15.5. The van der Waals surface area contributed by atoms with Gasteiger partial charge in [-0.25, -0.2) is 4.98 Å². The Bertz CT molecular complexity index is 600. The Morgan fingerprint density at radius 1 is 1.25 bits per heavy atom. The van der Waals surface area contributed by atoms with Crippen molar-refractivity contribution in [3.63, 3.8) is 0 Å². The summed E-state index contributed by atoms with van der Waals surface area (Å²) in [6.07, 6.45) is 4.66. The average Bonchev–Trinajstić information content (AvgIpc) is 3.35. The first-order valence-electron chi connectivity index (χ1n) is 9.35. The van der Waals surface area contributed by atoms with Crippen molar-refractivity contribution in [3.05, 3.63) is 23.4 Å². The molecular formula is C20H30N2O2. The summed E-state index contributed by atoms with van der Waals surface area (Å²) in [5, 5.41) is 0. The van der Waals surface area contributed by atoms with Crippen LogP contribution in [0.5, 0.6) is 0 Å². The monoisotopic (exact) mass is 330 g/mol. The number of piperidine rings is 1. The summed E-state index contributed by atoms with van der Waals surface area (Å²) < 4.78 is 5.21. The maximum Gasteiger partial charge on any atom is 0.309 e. The van der Waals surface area contributed by atoms with Crippen molar-refractivity contribution in [1.29, 1.82) is 0 Å². The minimum Gasteiger partial charge on any atom is -0.466 e. The number of rotatable bonds is 4. The predicted octanol–water partition coefficient (Wildman–Crippen LogP) is 4.04. The maximum absolute atomic E-state index is 12.0. The molecule has 24 heavy (non-hydrogen) atoms. The summed E-state index contributed by atoms with van der Waals surface area (Å²) in [6, 6.07) is 4.35. The quantitative estimate of drug-likeness (QED) is 0.782. The highest BCUT2D eigenvalue weighted by atomic mass is 16.5. The van der Waals surface area contributed by atoms with Gasteiger partial charge in [-0.1, -0.05) is 26.8 Å². The van der Waals surface area contributed by atoms with E-state index in [1.54, 1.807) is 0 Å². The Morgan fingerprint density at radius 3 is 2.58 bits per heavy atom. The highest BCUT2D eigenvalue weighted by Crippen LogP contribution is 2.51. The van der Waals surface area contributed by atoms with E-state index in [4.69, 9.17) is 9.72 Å². The van der Waals surface area contributed by atoms with E-state index in [0.29, 0.717) is 6.61 Å². The van der Waals surface area contributed by atoms with Crippen molar-refractivity contribution in [2.45, 2.75) is 64.7 Å². The van der Waals surface area contributed by atoms with Crippen molar-refractivity contribution in [1.82, 2.24) is 4.98 Å². The fourth-order valence-electron chi connectivity index (χ4n) is 3.57. The van der Waals surface area contributed by atoms with Gasteiger partial charge >= 0.3 is 5.97 Å². The van der Waals surface area contributed by atoms with Crippen LogP contribution in [0.25, 0.3) is 0 Å². The second kappa shape index (κ2) is 6.73. The number of carbonyl (C=O) groups is 1. The molecule has 1 aromatic rings. The minimum atomic E-state index is -0.0491. The van der Waals surface area contributed by atoms with Crippen LogP contribution < -0.4 is 4.90 Å². The van der Waals surface area contributed by atoms with Crippen molar-refractivity contribution in [3.8, 4) is 0 Å². The van der Waals surface area contributed by atoms with Gasteiger partial charge in [0, 0.05) is 30.1 Å². The molecule has 4 nitrogen and oxygen atoms in total. The van der Waals surface area contributed by atoms with Gasteiger partial charge in [-0.2, -0.15) is 0 Å². The molecule has 2 fully saturated rings. The van der Waals surface area contributed by atoms with Crippen LogP contribution in [-0.4, -0.2) is 30.6 Å². The first-order chi connectivity index (χ1) is 11.4. The largest absolute Gasteiger partial charge is 0.466 e.